The van der Waals surface area contributed by atoms with Gasteiger partial charge in [-0.1, -0.05) is 49.6 Å². The van der Waals surface area contributed by atoms with Gasteiger partial charge in [0.05, 0.1) is 0 Å². The van der Waals surface area contributed by atoms with Crippen LogP contribution in [-0.2, 0) is 11.6 Å². The molecule has 1 saturated carbocycles. The molecule has 4 nitrogen and oxygen atoms in total. The molecule has 1 aromatic carbocycles. The third kappa shape index (κ3) is 4.58. The van der Waals surface area contributed by atoms with Crippen LogP contribution in [0.5, 0.6) is 0 Å². The summed E-state index contributed by atoms with van der Waals surface area (Å²) >= 11 is 6.56. The standard InChI is InChI=1S/C19H19ClF3N3O/c1-18(9-12-7-8-12,14-10-24-17(25-11-14)19(21,22)23)16(20)26-15(27)13-5-3-2-4-6-13/h2-6,10-12,16H,7-9H2,1H3,(H,26,27). The van der Waals surface area contributed by atoms with Crippen molar-refractivity contribution < 1.29 is 18.0 Å². The Labute approximate surface area is 160 Å². The molecule has 3 rings (SSSR count). The molecule has 0 saturated heterocycles. The summed E-state index contributed by atoms with van der Waals surface area (Å²) in [7, 11) is 0. The molecule has 1 heterocycles. The predicted molar refractivity (Wildman–Crippen MR) is 95.3 cm³/mol. The van der Waals surface area contributed by atoms with E-state index in [1.165, 1.54) is 0 Å². The SMILES string of the molecule is CC(CC1CC1)(c1cnc(C(F)(F)F)nc1)C(Cl)NC(=O)c1ccccc1. The van der Waals surface area contributed by atoms with Crippen LogP contribution in [0.1, 0.15) is 47.9 Å². The van der Waals surface area contributed by atoms with Crippen LogP contribution in [0.3, 0.4) is 0 Å². The van der Waals surface area contributed by atoms with Gasteiger partial charge in [0.25, 0.3) is 5.91 Å². The van der Waals surface area contributed by atoms with E-state index in [1.54, 1.807) is 30.3 Å². The number of halogens is 4. The van der Waals surface area contributed by atoms with Crippen LogP contribution in [0.25, 0.3) is 0 Å². The number of hydrogen-bond acceptors (Lipinski definition) is 3. The zero-order valence-electron chi connectivity index (χ0n) is 14.6. The van der Waals surface area contributed by atoms with Crippen LogP contribution in [-0.4, -0.2) is 21.4 Å². The number of nitrogens with one attached hydrogen (secondary N) is 1. The molecule has 0 bridgehead atoms. The van der Waals surface area contributed by atoms with E-state index in [1.807, 2.05) is 6.92 Å². The Kier molecular flexibility index (Phi) is 5.42. The monoisotopic (exact) mass is 397 g/mol. The fourth-order valence-corrected chi connectivity index (χ4v) is 3.32. The number of benzene rings is 1. The Morgan fingerprint density at radius 3 is 2.33 bits per heavy atom. The topological polar surface area (TPSA) is 54.9 Å². The van der Waals surface area contributed by atoms with Crippen LogP contribution >= 0.6 is 11.6 Å². The maximum Gasteiger partial charge on any atom is 0.451 e. The van der Waals surface area contributed by atoms with Crippen molar-refractivity contribution in [2.24, 2.45) is 5.92 Å². The third-order valence-corrected chi connectivity index (χ3v) is 5.42. The van der Waals surface area contributed by atoms with Crippen LogP contribution in [0.2, 0.25) is 0 Å². The van der Waals surface area contributed by atoms with Crippen molar-refractivity contribution in [3.63, 3.8) is 0 Å². The average molecular weight is 398 g/mol. The van der Waals surface area contributed by atoms with Crippen molar-refractivity contribution in [2.45, 2.75) is 43.3 Å². The van der Waals surface area contributed by atoms with E-state index >= 15 is 0 Å². The van der Waals surface area contributed by atoms with Gasteiger partial charge in [0.15, 0.2) is 0 Å². The minimum absolute atomic E-state index is 0.342. The van der Waals surface area contributed by atoms with Gasteiger partial charge in [0, 0.05) is 23.4 Å². The van der Waals surface area contributed by atoms with Crippen LogP contribution in [0.4, 0.5) is 13.2 Å². The van der Waals surface area contributed by atoms with Crippen molar-refractivity contribution in [1.82, 2.24) is 15.3 Å². The first-order valence-electron chi connectivity index (χ1n) is 8.60. The minimum atomic E-state index is -4.60. The molecule has 0 spiro atoms. The van der Waals surface area contributed by atoms with Gasteiger partial charge < -0.3 is 5.32 Å². The van der Waals surface area contributed by atoms with Gasteiger partial charge in [-0.15, -0.1) is 0 Å². The molecular formula is C19H19ClF3N3O. The second-order valence-corrected chi connectivity index (χ2v) is 7.50. The Bertz CT molecular complexity index is 794. The highest BCUT2D eigenvalue weighted by atomic mass is 35.5. The zero-order valence-corrected chi connectivity index (χ0v) is 15.4. The second-order valence-electron chi connectivity index (χ2n) is 7.06. The number of rotatable bonds is 6. The summed E-state index contributed by atoms with van der Waals surface area (Å²) in [6, 6.07) is 8.61. The number of nitrogens with zero attached hydrogens (tertiary/aromatic N) is 2. The van der Waals surface area contributed by atoms with E-state index in [-0.39, 0.29) is 5.91 Å². The molecule has 1 aromatic heterocycles. The molecule has 2 unspecified atom stereocenters. The first-order chi connectivity index (χ1) is 12.7. The molecule has 2 atom stereocenters. The maximum absolute atomic E-state index is 12.7. The molecule has 0 radical (unpaired) electrons. The maximum atomic E-state index is 12.7. The number of carbonyl (C=O) groups is 1. The van der Waals surface area contributed by atoms with Crippen molar-refractivity contribution in [1.29, 1.82) is 0 Å². The molecule has 1 fully saturated rings. The summed E-state index contributed by atoms with van der Waals surface area (Å²) < 4.78 is 38.2. The largest absolute Gasteiger partial charge is 0.451 e. The Morgan fingerprint density at radius 1 is 1.22 bits per heavy atom. The lowest BCUT2D eigenvalue weighted by molar-refractivity contribution is -0.145. The molecule has 144 valence electrons. The van der Waals surface area contributed by atoms with Gasteiger partial charge in [-0.3, -0.25) is 4.79 Å². The summed E-state index contributed by atoms with van der Waals surface area (Å²) in [5, 5.41) is 2.76. The highest BCUT2D eigenvalue weighted by molar-refractivity contribution is 6.22. The fraction of sp³-hybridized carbons (Fsp3) is 0.421. The summed E-state index contributed by atoms with van der Waals surface area (Å²) in [5.74, 6) is -1.11. The molecular weight excluding hydrogens is 379 g/mol. The van der Waals surface area contributed by atoms with Gasteiger partial charge in [-0.2, -0.15) is 13.2 Å². The van der Waals surface area contributed by atoms with Crippen LogP contribution < -0.4 is 5.32 Å². The van der Waals surface area contributed by atoms with Crippen molar-refractivity contribution in [2.75, 3.05) is 0 Å². The molecule has 0 aliphatic heterocycles. The molecule has 1 aliphatic carbocycles. The highest BCUT2D eigenvalue weighted by Crippen LogP contribution is 2.44. The summed E-state index contributed by atoms with van der Waals surface area (Å²) in [5.41, 5.74) is -0.695. The van der Waals surface area contributed by atoms with E-state index in [0.717, 1.165) is 25.2 Å². The van der Waals surface area contributed by atoms with E-state index in [4.69, 9.17) is 11.6 Å². The van der Waals surface area contributed by atoms with E-state index in [0.29, 0.717) is 23.5 Å². The number of amides is 1. The molecule has 2 aromatic rings. The zero-order chi connectivity index (χ0) is 19.7. The molecule has 27 heavy (non-hydrogen) atoms. The van der Waals surface area contributed by atoms with Crippen LogP contribution in [0, 0.1) is 5.92 Å². The van der Waals surface area contributed by atoms with Gasteiger partial charge in [0.1, 0.15) is 5.50 Å². The first-order valence-corrected chi connectivity index (χ1v) is 9.03. The number of aromatic nitrogens is 2. The summed E-state index contributed by atoms with van der Waals surface area (Å²) in [6.07, 6.45) is 0.406. The third-order valence-electron chi connectivity index (χ3n) is 4.83. The quantitative estimate of drug-likeness (QED) is 0.574. The van der Waals surface area contributed by atoms with Gasteiger partial charge in [-0.25, -0.2) is 9.97 Å². The van der Waals surface area contributed by atoms with Gasteiger partial charge >= 0.3 is 6.18 Å². The van der Waals surface area contributed by atoms with Gasteiger partial charge in [0.2, 0.25) is 5.82 Å². The van der Waals surface area contributed by atoms with E-state index in [2.05, 4.69) is 15.3 Å². The number of carbonyl (C=O) groups excluding carboxylic acids is 1. The fourth-order valence-electron chi connectivity index (χ4n) is 3.01. The van der Waals surface area contributed by atoms with E-state index in [9.17, 15) is 18.0 Å². The van der Waals surface area contributed by atoms with Gasteiger partial charge in [-0.05, 0) is 30.0 Å². The number of alkyl halides is 4. The number of hydrogen-bond donors (Lipinski definition) is 1. The normalized spacial score (nSPS) is 17.8. The van der Waals surface area contributed by atoms with Crippen LogP contribution in [0.15, 0.2) is 42.7 Å². The average Bonchev–Trinajstić information content (AvgIpc) is 3.45. The smallest absolute Gasteiger partial charge is 0.335 e. The lowest BCUT2D eigenvalue weighted by atomic mass is 9.78. The van der Waals surface area contributed by atoms with Crippen molar-refractivity contribution in [3.8, 4) is 0 Å². The molecule has 8 heteroatoms. The predicted octanol–water partition coefficient (Wildman–Crippen LogP) is 4.55. The lowest BCUT2D eigenvalue weighted by Gasteiger charge is -2.35. The van der Waals surface area contributed by atoms with Crippen molar-refractivity contribution >= 4 is 17.5 Å². The second kappa shape index (κ2) is 7.46. The first kappa shape index (κ1) is 19.6. The van der Waals surface area contributed by atoms with E-state index < -0.39 is 22.9 Å². The lowest BCUT2D eigenvalue weighted by Crippen LogP contribution is -2.46. The Morgan fingerprint density at radius 2 is 1.81 bits per heavy atom. The highest BCUT2D eigenvalue weighted by Gasteiger charge is 2.42. The minimum Gasteiger partial charge on any atom is -0.335 e. The Hall–Kier alpha value is -2.15. The summed E-state index contributed by atoms with van der Waals surface area (Å²) in [4.78, 5) is 19.4. The Balaban J connectivity index is 1.84. The van der Waals surface area contributed by atoms with Crippen molar-refractivity contribution in [3.05, 3.63) is 59.7 Å². The molecule has 1 aliphatic rings. The summed E-state index contributed by atoms with van der Waals surface area (Å²) in [6.45, 7) is 1.82. The molecule has 1 amide bonds. The molecule has 1 N–H and O–H groups in total.